The zero-order valence-corrected chi connectivity index (χ0v) is 14.6. The lowest BCUT2D eigenvalue weighted by Gasteiger charge is -2.21. The Morgan fingerprint density at radius 2 is 1.65 bits per heavy atom. The Balaban J connectivity index is 3.18. The molecule has 23 heavy (non-hydrogen) atoms. The third-order valence-electron chi connectivity index (χ3n) is 2.52. The van der Waals surface area contributed by atoms with Gasteiger partial charge in [-0.2, -0.15) is 5.26 Å². The van der Waals surface area contributed by atoms with Gasteiger partial charge in [-0.05, 0) is 41.5 Å². The quantitative estimate of drug-likeness (QED) is 0.844. The van der Waals surface area contributed by atoms with Crippen molar-refractivity contribution < 1.29 is 19.1 Å². The number of amides is 1. The Hall–Kier alpha value is -2.49. The fourth-order valence-corrected chi connectivity index (χ4v) is 1.82. The third-order valence-corrected chi connectivity index (χ3v) is 2.52. The van der Waals surface area contributed by atoms with Gasteiger partial charge in [0.25, 0.3) is 0 Å². The molecule has 7 nitrogen and oxygen atoms in total. The molecular weight excluding hydrogens is 298 g/mol. The molecule has 0 fully saturated rings. The zero-order chi connectivity index (χ0) is 18.0. The van der Waals surface area contributed by atoms with Crippen molar-refractivity contribution >= 4 is 17.7 Å². The molecule has 1 N–H and O–H groups in total. The molecule has 0 aliphatic heterocycles. The molecule has 7 heteroatoms. The lowest BCUT2D eigenvalue weighted by atomic mass is 10.2. The first-order valence-corrected chi connectivity index (χ1v) is 7.17. The summed E-state index contributed by atoms with van der Waals surface area (Å²) >= 11 is 0. The van der Waals surface area contributed by atoms with Crippen molar-refractivity contribution in [1.82, 2.24) is 4.57 Å². The second kappa shape index (κ2) is 6.32. The number of esters is 1. The van der Waals surface area contributed by atoms with E-state index in [-0.39, 0.29) is 16.9 Å². The fraction of sp³-hybridized carbons (Fsp3) is 0.562. The molecule has 1 aromatic heterocycles. The Morgan fingerprint density at radius 3 is 2.09 bits per heavy atom. The highest BCUT2D eigenvalue weighted by Gasteiger charge is 2.28. The molecule has 1 aromatic rings. The second-order valence-corrected chi connectivity index (χ2v) is 7.12. The van der Waals surface area contributed by atoms with Gasteiger partial charge < -0.3 is 14.0 Å². The Kier molecular flexibility index (Phi) is 5.10. The van der Waals surface area contributed by atoms with Gasteiger partial charge in [-0.25, -0.2) is 9.59 Å². The molecule has 0 saturated carbocycles. The summed E-state index contributed by atoms with van der Waals surface area (Å²) in [6.45, 7) is 10.4. The van der Waals surface area contributed by atoms with E-state index < -0.39 is 23.3 Å². The van der Waals surface area contributed by atoms with Crippen molar-refractivity contribution in [2.24, 2.45) is 7.05 Å². The molecule has 0 aromatic carbocycles. The number of rotatable bonds is 2. The number of carbonyl (C=O) groups is 2. The second-order valence-electron chi connectivity index (χ2n) is 7.12. The van der Waals surface area contributed by atoms with E-state index in [2.05, 4.69) is 5.32 Å². The minimum atomic E-state index is -0.745. The summed E-state index contributed by atoms with van der Waals surface area (Å²) in [4.78, 5) is 24.3. The van der Waals surface area contributed by atoms with E-state index in [0.29, 0.717) is 0 Å². The van der Waals surface area contributed by atoms with Crippen molar-refractivity contribution in [2.75, 3.05) is 5.32 Å². The van der Waals surface area contributed by atoms with E-state index in [9.17, 15) is 14.9 Å². The molecule has 0 aliphatic rings. The van der Waals surface area contributed by atoms with E-state index in [0.717, 1.165) is 0 Å². The number of hydrogen-bond donors (Lipinski definition) is 1. The number of carbonyl (C=O) groups excluding carboxylic acids is 2. The number of ether oxygens (including phenoxy) is 2. The van der Waals surface area contributed by atoms with Gasteiger partial charge in [-0.3, -0.25) is 5.32 Å². The van der Waals surface area contributed by atoms with Gasteiger partial charge in [0.1, 0.15) is 17.3 Å². The van der Waals surface area contributed by atoms with Gasteiger partial charge >= 0.3 is 12.1 Å². The molecular formula is C16H23N3O4. The highest BCUT2D eigenvalue weighted by Crippen LogP contribution is 2.26. The van der Waals surface area contributed by atoms with Gasteiger partial charge in [0.05, 0.1) is 11.3 Å². The predicted molar refractivity (Wildman–Crippen MR) is 85.2 cm³/mol. The Morgan fingerprint density at radius 1 is 1.13 bits per heavy atom. The third kappa shape index (κ3) is 5.33. The van der Waals surface area contributed by atoms with E-state index in [1.165, 1.54) is 10.8 Å². The van der Waals surface area contributed by atoms with Crippen LogP contribution in [-0.4, -0.2) is 27.8 Å². The largest absolute Gasteiger partial charge is 0.455 e. The SMILES string of the molecule is Cn1cc(C#N)c(NC(=O)OC(C)(C)C)c1C(=O)OC(C)(C)C. The van der Waals surface area contributed by atoms with Gasteiger partial charge in [-0.1, -0.05) is 0 Å². The molecule has 0 bridgehead atoms. The summed E-state index contributed by atoms with van der Waals surface area (Å²) in [5.74, 6) is -0.632. The number of aryl methyl sites for hydroxylation is 1. The summed E-state index contributed by atoms with van der Waals surface area (Å²) in [6.07, 6.45) is 0.705. The molecule has 0 unspecified atom stereocenters. The number of nitriles is 1. The Bertz CT molecular complexity index is 655. The van der Waals surface area contributed by atoms with Crippen LogP contribution in [0.15, 0.2) is 6.20 Å². The van der Waals surface area contributed by atoms with E-state index in [1.807, 2.05) is 6.07 Å². The summed E-state index contributed by atoms with van der Waals surface area (Å²) in [5, 5.41) is 11.7. The maximum absolute atomic E-state index is 12.4. The molecule has 126 valence electrons. The smallest absolute Gasteiger partial charge is 0.412 e. The molecule has 1 amide bonds. The summed E-state index contributed by atoms with van der Waals surface area (Å²) < 4.78 is 11.9. The lowest BCUT2D eigenvalue weighted by Crippen LogP contribution is -2.29. The predicted octanol–water partition coefficient (Wildman–Crippen LogP) is 3.20. The average Bonchev–Trinajstić information content (AvgIpc) is 2.60. The topological polar surface area (TPSA) is 93.4 Å². The Labute approximate surface area is 136 Å². The van der Waals surface area contributed by atoms with Gasteiger partial charge in [0.2, 0.25) is 0 Å². The normalized spacial score (nSPS) is 11.6. The maximum atomic E-state index is 12.4. The van der Waals surface area contributed by atoms with E-state index in [4.69, 9.17) is 9.47 Å². The standard InChI is InChI=1S/C16H23N3O4/c1-15(2,3)22-13(20)12-11(10(8-17)9-19(12)7)18-14(21)23-16(4,5)6/h9H,1-7H3,(H,18,21). The summed E-state index contributed by atoms with van der Waals surface area (Å²) in [7, 11) is 1.60. The molecule has 1 heterocycles. The molecule has 1 rings (SSSR count). The van der Waals surface area contributed by atoms with Crippen LogP contribution in [0.4, 0.5) is 10.5 Å². The van der Waals surface area contributed by atoms with Crippen LogP contribution < -0.4 is 5.32 Å². The number of nitrogens with one attached hydrogen (secondary N) is 1. The highest BCUT2D eigenvalue weighted by molar-refractivity contribution is 6.00. The van der Waals surface area contributed by atoms with Crippen LogP contribution in [0.1, 0.15) is 57.6 Å². The van der Waals surface area contributed by atoms with Gasteiger partial charge in [0.15, 0.2) is 5.69 Å². The molecule has 0 atom stereocenters. The average molecular weight is 321 g/mol. The van der Waals surface area contributed by atoms with Crippen LogP contribution in [0, 0.1) is 11.3 Å². The number of nitrogens with zero attached hydrogens (tertiary/aromatic N) is 2. The number of aromatic nitrogens is 1. The van der Waals surface area contributed by atoms with Crippen molar-refractivity contribution in [3.05, 3.63) is 17.5 Å². The van der Waals surface area contributed by atoms with Gasteiger partial charge in [0, 0.05) is 13.2 Å². The molecule has 0 saturated heterocycles. The molecule has 0 radical (unpaired) electrons. The van der Waals surface area contributed by atoms with Crippen LogP contribution >= 0.6 is 0 Å². The highest BCUT2D eigenvalue weighted by atomic mass is 16.6. The van der Waals surface area contributed by atoms with Crippen molar-refractivity contribution in [3.63, 3.8) is 0 Å². The van der Waals surface area contributed by atoms with Crippen LogP contribution in [0.3, 0.4) is 0 Å². The fourth-order valence-electron chi connectivity index (χ4n) is 1.82. The van der Waals surface area contributed by atoms with E-state index >= 15 is 0 Å². The first kappa shape index (κ1) is 18.6. The van der Waals surface area contributed by atoms with Crippen molar-refractivity contribution in [2.45, 2.75) is 52.7 Å². The van der Waals surface area contributed by atoms with Crippen molar-refractivity contribution in [3.8, 4) is 6.07 Å². The lowest BCUT2D eigenvalue weighted by molar-refractivity contribution is 0.00603. The number of hydrogen-bond acceptors (Lipinski definition) is 5. The number of anilines is 1. The zero-order valence-electron chi connectivity index (χ0n) is 14.6. The summed E-state index contributed by atoms with van der Waals surface area (Å²) in [6, 6.07) is 1.94. The minimum Gasteiger partial charge on any atom is -0.455 e. The van der Waals surface area contributed by atoms with Crippen LogP contribution in [0.25, 0.3) is 0 Å². The van der Waals surface area contributed by atoms with Crippen LogP contribution in [0.5, 0.6) is 0 Å². The molecule has 0 spiro atoms. The van der Waals surface area contributed by atoms with Crippen LogP contribution in [0.2, 0.25) is 0 Å². The van der Waals surface area contributed by atoms with E-state index in [1.54, 1.807) is 48.6 Å². The van der Waals surface area contributed by atoms with Gasteiger partial charge in [-0.15, -0.1) is 0 Å². The minimum absolute atomic E-state index is 0.0819. The maximum Gasteiger partial charge on any atom is 0.412 e. The van der Waals surface area contributed by atoms with Crippen molar-refractivity contribution in [1.29, 1.82) is 5.26 Å². The first-order chi connectivity index (χ1) is 10.3. The monoisotopic (exact) mass is 321 g/mol. The molecule has 0 aliphatic carbocycles. The van der Waals surface area contributed by atoms with Crippen LogP contribution in [-0.2, 0) is 16.5 Å². The first-order valence-electron chi connectivity index (χ1n) is 7.17. The summed E-state index contributed by atoms with van der Waals surface area (Å²) in [5.41, 5.74) is -1.07.